The van der Waals surface area contributed by atoms with Crippen molar-refractivity contribution in [2.45, 2.75) is 13.8 Å². The van der Waals surface area contributed by atoms with Gasteiger partial charge in [-0.2, -0.15) is 0 Å². The second-order valence-electron chi connectivity index (χ2n) is 6.06. The van der Waals surface area contributed by atoms with Crippen molar-refractivity contribution in [2.75, 3.05) is 12.4 Å². The monoisotopic (exact) mass is 334 g/mol. The molecule has 3 aromatic rings. The number of quaternary nitrogens is 1. The Kier molecular flexibility index (Phi) is 5.03. The largest absolute Gasteiger partial charge is 0.585 e. The average Bonchev–Trinajstić information content (AvgIpc) is 2.63. The van der Waals surface area contributed by atoms with Crippen molar-refractivity contribution in [3.63, 3.8) is 0 Å². The molecule has 0 heterocycles. The van der Waals surface area contributed by atoms with Crippen molar-refractivity contribution in [3.05, 3.63) is 83.1 Å². The van der Waals surface area contributed by atoms with E-state index < -0.39 is 0 Å². The van der Waals surface area contributed by atoms with Gasteiger partial charge in [0, 0.05) is 24.9 Å². The summed E-state index contributed by atoms with van der Waals surface area (Å²) in [7, 11) is 1.83. The number of aryl methyl sites for hydroxylation is 2. The number of hydrogen-bond donors (Lipinski definition) is 2. The zero-order chi connectivity index (χ0) is 17.8. The summed E-state index contributed by atoms with van der Waals surface area (Å²) < 4.78 is 0. The summed E-state index contributed by atoms with van der Waals surface area (Å²) in [5, 5.41) is 15.1. The number of anilines is 1. The lowest BCUT2D eigenvalue weighted by molar-refractivity contribution is -0.963. The first kappa shape index (κ1) is 17.0. The zero-order valence-corrected chi connectivity index (χ0v) is 14.7. The van der Waals surface area contributed by atoms with Gasteiger partial charge in [-0.1, -0.05) is 48.0 Å². The van der Waals surface area contributed by atoms with E-state index in [4.69, 9.17) is 4.84 Å². The van der Waals surface area contributed by atoms with Crippen LogP contribution in [0.25, 0.3) is 11.1 Å². The highest BCUT2D eigenvalue weighted by Crippen LogP contribution is 2.23. The van der Waals surface area contributed by atoms with Crippen LogP contribution in [0.1, 0.15) is 11.1 Å². The molecule has 0 amide bonds. The lowest BCUT2D eigenvalue weighted by Crippen LogP contribution is -3.04. The summed E-state index contributed by atoms with van der Waals surface area (Å²) in [6.45, 7) is 4.06. The molecule has 4 nitrogen and oxygen atoms in total. The Balaban J connectivity index is 1.73. The van der Waals surface area contributed by atoms with Crippen molar-refractivity contribution in [1.82, 2.24) is 0 Å². The Labute approximate surface area is 148 Å². The second kappa shape index (κ2) is 7.38. The standard InChI is InChI=1S/C21H22N2O2/c1-15-4-7-17(8-5-15)18-9-12-20(13-10-18)25-23(24)19-11-6-16(2)21(14-19)22-3/h4-14,22-23H,1-3H3. The van der Waals surface area contributed by atoms with Crippen molar-refractivity contribution >= 4 is 11.4 Å². The quantitative estimate of drug-likeness (QED) is 0.693. The van der Waals surface area contributed by atoms with Gasteiger partial charge in [0.05, 0.1) is 0 Å². The third-order valence-electron chi connectivity index (χ3n) is 4.19. The van der Waals surface area contributed by atoms with Crippen LogP contribution in [0, 0.1) is 19.1 Å². The molecule has 0 radical (unpaired) electrons. The van der Waals surface area contributed by atoms with Crippen LogP contribution in [0.5, 0.6) is 5.75 Å². The van der Waals surface area contributed by atoms with Crippen LogP contribution in [0.2, 0.25) is 0 Å². The van der Waals surface area contributed by atoms with Crippen molar-refractivity contribution in [2.24, 2.45) is 0 Å². The second-order valence-corrected chi connectivity index (χ2v) is 6.06. The number of hydrogen-bond acceptors (Lipinski definition) is 3. The maximum absolute atomic E-state index is 12.3. The van der Waals surface area contributed by atoms with Crippen LogP contribution in [-0.2, 0) is 0 Å². The fourth-order valence-corrected chi connectivity index (χ4v) is 2.65. The molecule has 0 aliphatic heterocycles. The highest BCUT2D eigenvalue weighted by atomic mass is 16.9. The van der Waals surface area contributed by atoms with E-state index in [0.717, 1.165) is 22.4 Å². The van der Waals surface area contributed by atoms with E-state index in [2.05, 4.69) is 36.5 Å². The molecule has 4 heteroatoms. The average molecular weight is 334 g/mol. The molecule has 1 atom stereocenters. The van der Waals surface area contributed by atoms with Crippen LogP contribution in [0.3, 0.4) is 0 Å². The molecule has 0 spiro atoms. The van der Waals surface area contributed by atoms with Crippen molar-refractivity contribution in [1.29, 1.82) is 0 Å². The molecule has 3 aromatic carbocycles. The molecule has 25 heavy (non-hydrogen) atoms. The van der Waals surface area contributed by atoms with Gasteiger partial charge in [-0.15, -0.1) is 5.23 Å². The van der Waals surface area contributed by atoms with Gasteiger partial charge in [0.2, 0.25) is 0 Å². The van der Waals surface area contributed by atoms with Gasteiger partial charge in [-0.3, -0.25) is 0 Å². The van der Waals surface area contributed by atoms with Crippen molar-refractivity contribution in [3.8, 4) is 16.9 Å². The molecule has 0 saturated carbocycles. The van der Waals surface area contributed by atoms with Gasteiger partial charge in [0.1, 0.15) is 0 Å². The van der Waals surface area contributed by atoms with E-state index in [1.165, 1.54) is 5.56 Å². The molecule has 0 aromatic heterocycles. The molecule has 3 rings (SSSR count). The highest BCUT2D eigenvalue weighted by Gasteiger charge is 2.09. The van der Waals surface area contributed by atoms with E-state index in [9.17, 15) is 5.21 Å². The molecule has 0 aliphatic carbocycles. The van der Waals surface area contributed by atoms with Gasteiger partial charge in [-0.25, -0.2) is 0 Å². The summed E-state index contributed by atoms with van der Waals surface area (Å²) in [6.07, 6.45) is 0. The van der Waals surface area contributed by atoms with E-state index in [1.54, 1.807) is 12.1 Å². The maximum Gasteiger partial charge on any atom is 0.191 e. The fraction of sp³-hybridized carbons (Fsp3) is 0.143. The molecule has 1 unspecified atom stereocenters. The number of rotatable bonds is 5. The van der Waals surface area contributed by atoms with Gasteiger partial charge in [-0.05, 0) is 42.7 Å². The van der Waals surface area contributed by atoms with E-state index in [-0.39, 0.29) is 5.23 Å². The molecule has 0 fully saturated rings. The summed E-state index contributed by atoms with van der Waals surface area (Å²) >= 11 is 0. The maximum atomic E-state index is 12.3. The minimum Gasteiger partial charge on any atom is -0.585 e. The predicted molar refractivity (Wildman–Crippen MR) is 102 cm³/mol. The topological polar surface area (TPSA) is 48.8 Å². The summed E-state index contributed by atoms with van der Waals surface area (Å²) in [5.41, 5.74) is 5.99. The van der Waals surface area contributed by atoms with Crippen LogP contribution < -0.4 is 15.4 Å². The minimum absolute atomic E-state index is 0.361. The van der Waals surface area contributed by atoms with Gasteiger partial charge in [0.25, 0.3) is 0 Å². The lowest BCUT2D eigenvalue weighted by atomic mass is 10.0. The van der Waals surface area contributed by atoms with Crippen LogP contribution in [-0.4, -0.2) is 7.05 Å². The third kappa shape index (κ3) is 3.99. The number of nitrogens with one attached hydrogen (secondary N) is 2. The van der Waals surface area contributed by atoms with E-state index in [0.29, 0.717) is 11.4 Å². The molecule has 0 saturated heterocycles. The van der Waals surface area contributed by atoms with E-state index in [1.807, 2.05) is 44.3 Å². The molecule has 128 valence electrons. The Bertz CT molecular complexity index is 843. The Hall–Kier alpha value is -2.82. The zero-order valence-electron chi connectivity index (χ0n) is 14.7. The van der Waals surface area contributed by atoms with Gasteiger partial charge in [0.15, 0.2) is 11.4 Å². The Morgan fingerprint density at radius 1 is 0.840 bits per heavy atom. The molecule has 0 bridgehead atoms. The lowest BCUT2D eigenvalue weighted by Gasteiger charge is -2.21. The Morgan fingerprint density at radius 3 is 2.04 bits per heavy atom. The molecular weight excluding hydrogens is 312 g/mol. The first-order valence-corrected chi connectivity index (χ1v) is 8.24. The normalized spacial score (nSPS) is 11.8. The highest BCUT2D eigenvalue weighted by molar-refractivity contribution is 5.64. The van der Waals surface area contributed by atoms with Crippen molar-refractivity contribution < 1.29 is 10.1 Å². The summed E-state index contributed by atoms with van der Waals surface area (Å²) in [5.74, 6) is 0.535. The van der Waals surface area contributed by atoms with E-state index >= 15 is 0 Å². The van der Waals surface area contributed by atoms with Crippen LogP contribution in [0.15, 0.2) is 66.7 Å². The van der Waals surface area contributed by atoms with Crippen LogP contribution >= 0.6 is 0 Å². The molecule has 2 N–H and O–H groups in total. The smallest absolute Gasteiger partial charge is 0.191 e. The fourth-order valence-electron chi connectivity index (χ4n) is 2.65. The minimum atomic E-state index is -0.361. The summed E-state index contributed by atoms with van der Waals surface area (Å²) in [6, 6.07) is 21.4. The third-order valence-corrected chi connectivity index (χ3v) is 4.19. The van der Waals surface area contributed by atoms with Gasteiger partial charge < -0.3 is 15.4 Å². The molecular formula is C21H22N2O2. The van der Waals surface area contributed by atoms with Gasteiger partial charge >= 0.3 is 0 Å². The Morgan fingerprint density at radius 2 is 1.44 bits per heavy atom. The SMILES string of the molecule is CNc1cc([NH+]([O-])Oc2ccc(-c3ccc(C)cc3)cc2)ccc1C. The first-order valence-electron chi connectivity index (χ1n) is 8.24. The number of benzene rings is 3. The molecule has 0 aliphatic rings. The van der Waals surface area contributed by atoms with Crippen LogP contribution in [0.4, 0.5) is 11.4 Å². The first-order chi connectivity index (χ1) is 12.1. The summed E-state index contributed by atoms with van der Waals surface area (Å²) in [4.78, 5) is 5.48. The predicted octanol–water partition coefficient (Wildman–Crippen LogP) is 4.02.